The van der Waals surface area contributed by atoms with Crippen LogP contribution in [-0.4, -0.2) is 16.6 Å². The third-order valence-corrected chi connectivity index (χ3v) is 2.15. The molecule has 13 heavy (non-hydrogen) atoms. The third-order valence-electron chi connectivity index (χ3n) is 1.55. The Morgan fingerprint density at radius 1 is 1.54 bits per heavy atom. The maximum Gasteiger partial charge on any atom is 0.153 e. The lowest BCUT2D eigenvalue weighted by Gasteiger charge is -2.09. The van der Waals surface area contributed by atoms with E-state index in [1.165, 1.54) is 6.07 Å². The SMILES string of the molecule is NCC(O)c1cc(Cl)c(N)c(Cl)n1. The molecule has 0 aliphatic rings. The summed E-state index contributed by atoms with van der Waals surface area (Å²) in [6, 6.07) is 1.44. The molecule has 0 spiro atoms. The number of hydrogen-bond acceptors (Lipinski definition) is 4. The molecule has 4 nitrogen and oxygen atoms in total. The molecule has 1 rings (SSSR count). The van der Waals surface area contributed by atoms with Crippen molar-refractivity contribution in [2.45, 2.75) is 6.10 Å². The average molecular weight is 222 g/mol. The predicted molar refractivity (Wildman–Crippen MR) is 52.7 cm³/mol. The zero-order valence-electron chi connectivity index (χ0n) is 6.67. The molecule has 0 radical (unpaired) electrons. The average Bonchev–Trinajstić information content (AvgIpc) is 2.12. The van der Waals surface area contributed by atoms with Crippen molar-refractivity contribution in [1.29, 1.82) is 0 Å². The molecule has 6 heteroatoms. The summed E-state index contributed by atoms with van der Waals surface area (Å²) < 4.78 is 0. The number of aliphatic hydroxyl groups excluding tert-OH is 1. The monoisotopic (exact) mass is 221 g/mol. The Hall–Kier alpha value is -0.550. The van der Waals surface area contributed by atoms with Gasteiger partial charge < -0.3 is 16.6 Å². The number of hydrogen-bond donors (Lipinski definition) is 3. The summed E-state index contributed by atoms with van der Waals surface area (Å²) in [4.78, 5) is 3.83. The first kappa shape index (κ1) is 10.5. The minimum absolute atomic E-state index is 0.0591. The minimum atomic E-state index is -0.865. The number of nitrogen functional groups attached to an aromatic ring is 1. The van der Waals surface area contributed by atoms with E-state index in [2.05, 4.69) is 4.98 Å². The maximum atomic E-state index is 9.32. The quantitative estimate of drug-likeness (QED) is 0.650. The van der Waals surface area contributed by atoms with Gasteiger partial charge in [0, 0.05) is 6.54 Å². The van der Waals surface area contributed by atoms with Gasteiger partial charge in [-0.3, -0.25) is 0 Å². The van der Waals surface area contributed by atoms with Crippen molar-refractivity contribution in [3.8, 4) is 0 Å². The van der Waals surface area contributed by atoms with E-state index in [1.807, 2.05) is 0 Å². The van der Waals surface area contributed by atoms with E-state index >= 15 is 0 Å². The van der Waals surface area contributed by atoms with Gasteiger partial charge in [-0.15, -0.1) is 0 Å². The van der Waals surface area contributed by atoms with E-state index in [-0.39, 0.29) is 22.4 Å². The van der Waals surface area contributed by atoms with Gasteiger partial charge in [-0.25, -0.2) is 4.98 Å². The highest BCUT2D eigenvalue weighted by molar-refractivity contribution is 6.38. The molecule has 1 aromatic rings. The van der Waals surface area contributed by atoms with Crippen LogP contribution in [0.15, 0.2) is 6.07 Å². The van der Waals surface area contributed by atoms with Gasteiger partial charge in [0.05, 0.1) is 16.4 Å². The van der Waals surface area contributed by atoms with Gasteiger partial charge in [0.1, 0.15) is 6.10 Å². The van der Waals surface area contributed by atoms with Gasteiger partial charge in [-0.05, 0) is 6.07 Å². The molecule has 5 N–H and O–H groups in total. The van der Waals surface area contributed by atoms with Crippen molar-refractivity contribution in [3.63, 3.8) is 0 Å². The van der Waals surface area contributed by atoms with Gasteiger partial charge in [-0.2, -0.15) is 0 Å². The molecule has 72 valence electrons. The molecule has 1 aromatic heterocycles. The van der Waals surface area contributed by atoms with Crippen LogP contribution < -0.4 is 11.5 Å². The number of pyridine rings is 1. The standard InChI is InChI=1S/C7H9Cl2N3O/c8-3-1-4(5(13)2-10)12-7(9)6(3)11/h1,5,13H,2,10-11H2. The summed E-state index contributed by atoms with van der Waals surface area (Å²) in [6.07, 6.45) is -0.865. The fourth-order valence-electron chi connectivity index (χ4n) is 0.803. The molecule has 0 bridgehead atoms. The molecule has 1 unspecified atom stereocenters. The van der Waals surface area contributed by atoms with Crippen LogP contribution in [0.25, 0.3) is 0 Å². The van der Waals surface area contributed by atoms with Gasteiger partial charge in [0.15, 0.2) is 5.15 Å². The molecular formula is C7H9Cl2N3O. The van der Waals surface area contributed by atoms with Crippen LogP contribution in [0.5, 0.6) is 0 Å². The highest BCUT2D eigenvalue weighted by Crippen LogP contribution is 2.27. The van der Waals surface area contributed by atoms with E-state index in [9.17, 15) is 5.11 Å². The second-order valence-corrected chi connectivity index (χ2v) is 3.25. The molecule has 0 fully saturated rings. The molecule has 0 aromatic carbocycles. The molecule has 1 heterocycles. The minimum Gasteiger partial charge on any atom is -0.395 e. The van der Waals surface area contributed by atoms with E-state index in [0.717, 1.165) is 0 Å². The lowest BCUT2D eigenvalue weighted by atomic mass is 10.2. The Labute approximate surface area is 85.5 Å². The maximum absolute atomic E-state index is 9.32. The Morgan fingerprint density at radius 2 is 2.15 bits per heavy atom. The van der Waals surface area contributed by atoms with Gasteiger partial charge in [0.25, 0.3) is 0 Å². The number of halogens is 2. The molecule has 1 atom stereocenters. The van der Waals surface area contributed by atoms with Crippen molar-refractivity contribution in [2.24, 2.45) is 5.73 Å². The summed E-state index contributed by atoms with van der Waals surface area (Å²) in [5, 5.41) is 9.67. The summed E-state index contributed by atoms with van der Waals surface area (Å²) >= 11 is 11.4. The van der Waals surface area contributed by atoms with Gasteiger partial charge >= 0.3 is 0 Å². The fourth-order valence-corrected chi connectivity index (χ4v) is 1.25. The van der Waals surface area contributed by atoms with Gasteiger partial charge in [-0.1, -0.05) is 23.2 Å². The summed E-state index contributed by atoms with van der Waals surface area (Å²) in [5.41, 5.74) is 11.2. The number of rotatable bonds is 2. The lowest BCUT2D eigenvalue weighted by Crippen LogP contribution is -2.13. The molecule has 0 saturated heterocycles. The van der Waals surface area contributed by atoms with Crippen LogP contribution in [0.2, 0.25) is 10.2 Å². The smallest absolute Gasteiger partial charge is 0.153 e. The Kier molecular flexibility index (Phi) is 3.33. The first-order valence-electron chi connectivity index (χ1n) is 3.55. The highest BCUT2D eigenvalue weighted by atomic mass is 35.5. The second-order valence-electron chi connectivity index (χ2n) is 2.48. The van der Waals surface area contributed by atoms with E-state index < -0.39 is 6.10 Å². The fraction of sp³-hybridized carbons (Fsp3) is 0.286. The number of aromatic nitrogens is 1. The third kappa shape index (κ3) is 2.22. The Balaban J connectivity index is 3.13. The van der Waals surface area contributed by atoms with Crippen LogP contribution in [-0.2, 0) is 0 Å². The molecule has 0 amide bonds. The number of aliphatic hydroxyl groups is 1. The molecule has 0 saturated carbocycles. The molecular weight excluding hydrogens is 213 g/mol. The van der Waals surface area contributed by atoms with Crippen LogP contribution in [0.4, 0.5) is 5.69 Å². The number of anilines is 1. The second kappa shape index (κ2) is 4.11. The molecule has 0 aliphatic carbocycles. The van der Waals surface area contributed by atoms with E-state index in [1.54, 1.807) is 0 Å². The molecule has 0 aliphatic heterocycles. The van der Waals surface area contributed by atoms with Crippen molar-refractivity contribution < 1.29 is 5.11 Å². The van der Waals surface area contributed by atoms with Crippen molar-refractivity contribution in [2.75, 3.05) is 12.3 Å². The lowest BCUT2D eigenvalue weighted by molar-refractivity contribution is 0.182. The number of nitrogens with zero attached hydrogens (tertiary/aromatic N) is 1. The zero-order valence-corrected chi connectivity index (χ0v) is 8.18. The first-order valence-corrected chi connectivity index (χ1v) is 4.31. The van der Waals surface area contributed by atoms with Crippen molar-refractivity contribution in [3.05, 3.63) is 21.9 Å². The Morgan fingerprint density at radius 3 is 2.62 bits per heavy atom. The zero-order chi connectivity index (χ0) is 10.0. The number of nitrogens with two attached hydrogens (primary N) is 2. The first-order chi connectivity index (χ1) is 6.06. The van der Waals surface area contributed by atoms with Crippen LogP contribution in [0, 0.1) is 0 Å². The summed E-state index contributed by atoms with van der Waals surface area (Å²) in [7, 11) is 0. The largest absolute Gasteiger partial charge is 0.395 e. The Bertz CT molecular complexity index is 296. The van der Waals surface area contributed by atoms with Crippen LogP contribution in [0.1, 0.15) is 11.8 Å². The van der Waals surface area contributed by atoms with Crippen LogP contribution in [0.3, 0.4) is 0 Å². The summed E-state index contributed by atoms with van der Waals surface area (Å²) in [6.45, 7) is 0.0591. The highest BCUT2D eigenvalue weighted by Gasteiger charge is 2.11. The topological polar surface area (TPSA) is 85.2 Å². The van der Waals surface area contributed by atoms with Crippen molar-refractivity contribution in [1.82, 2.24) is 4.98 Å². The van der Waals surface area contributed by atoms with Crippen molar-refractivity contribution >= 4 is 28.9 Å². The van der Waals surface area contributed by atoms with E-state index in [0.29, 0.717) is 5.69 Å². The van der Waals surface area contributed by atoms with Crippen LogP contribution >= 0.6 is 23.2 Å². The van der Waals surface area contributed by atoms with E-state index in [4.69, 9.17) is 34.7 Å². The normalized spacial score (nSPS) is 12.9. The predicted octanol–water partition coefficient (Wildman–Crippen LogP) is 0.963. The summed E-state index contributed by atoms with van der Waals surface area (Å²) in [5.74, 6) is 0. The van der Waals surface area contributed by atoms with Gasteiger partial charge in [0.2, 0.25) is 0 Å².